The molecule has 2 aromatic rings. The van der Waals surface area contributed by atoms with E-state index in [0.29, 0.717) is 25.1 Å². The van der Waals surface area contributed by atoms with Crippen LogP contribution in [-0.2, 0) is 11.2 Å². The zero-order valence-electron chi connectivity index (χ0n) is 13.4. The highest BCUT2D eigenvalue weighted by Crippen LogP contribution is 2.24. The molecule has 0 spiro atoms. The lowest BCUT2D eigenvalue weighted by molar-refractivity contribution is -0.117. The molecule has 6 nitrogen and oxygen atoms in total. The molecule has 3 amide bonds. The summed E-state index contributed by atoms with van der Waals surface area (Å²) >= 11 is 0. The molecule has 24 heavy (non-hydrogen) atoms. The Hall–Kier alpha value is -2.89. The summed E-state index contributed by atoms with van der Waals surface area (Å²) in [6.07, 6.45) is 3.88. The minimum Gasteiger partial charge on any atom is -0.337 e. The van der Waals surface area contributed by atoms with Gasteiger partial charge in [-0.25, -0.2) is 4.79 Å². The van der Waals surface area contributed by atoms with Gasteiger partial charge in [0.25, 0.3) is 0 Å². The van der Waals surface area contributed by atoms with Crippen molar-refractivity contribution < 1.29 is 9.59 Å². The number of amides is 3. The molecule has 0 radical (unpaired) electrons. The minimum atomic E-state index is -0.268. The average Bonchev–Trinajstić information content (AvgIpc) is 3.02. The number of pyridine rings is 1. The van der Waals surface area contributed by atoms with Crippen molar-refractivity contribution in [1.82, 2.24) is 10.3 Å². The molecule has 0 bridgehead atoms. The Morgan fingerprint density at radius 2 is 2.12 bits per heavy atom. The number of nitrogens with one attached hydrogen (secondary N) is 2. The molecule has 1 aromatic heterocycles. The molecule has 2 N–H and O–H groups in total. The largest absolute Gasteiger partial charge is 0.337 e. The maximum absolute atomic E-state index is 12.0. The number of carbonyl (C=O) groups excluding carboxylic acids is 2. The van der Waals surface area contributed by atoms with Crippen LogP contribution in [0.25, 0.3) is 0 Å². The third kappa shape index (κ3) is 4.10. The topological polar surface area (TPSA) is 74.3 Å². The number of urea groups is 1. The molecule has 0 saturated carbocycles. The van der Waals surface area contributed by atoms with Gasteiger partial charge in [-0.15, -0.1) is 0 Å². The number of benzene rings is 1. The minimum absolute atomic E-state index is 0.131. The van der Waals surface area contributed by atoms with Crippen molar-refractivity contribution in [2.75, 3.05) is 23.3 Å². The monoisotopic (exact) mass is 324 g/mol. The smallest absolute Gasteiger partial charge is 0.319 e. The zero-order chi connectivity index (χ0) is 16.8. The van der Waals surface area contributed by atoms with E-state index in [0.717, 1.165) is 24.3 Å². The first-order valence-electron chi connectivity index (χ1n) is 8.07. The maximum atomic E-state index is 12.0. The number of aromatic nitrogens is 1. The van der Waals surface area contributed by atoms with Gasteiger partial charge in [0.1, 0.15) is 0 Å². The van der Waals surface area contributed by atoms with Gasteiger partial charge in [0.2, 0.25) is 5.91 Å². The quantitative estimate of drug-likeness (QED) is 0.887. The van der Waals surface area contributed by atoms with Crippen molar-refractivity contribution in [2.24, 2.45) is 0 Å². The van der Waals surface area contributed by atoms with E-state index in [1.54, 1.807) is 11.1 Å². The number of nitrogens with zero attached hydrogens (tertiary/aromatic N) is 2. The summed E-state index contributed by atoms with van der Waals surface area (Å²) in [5.74, 6) is 0.131. The molecule has 124 valence electrons. The molecule has 1 aliphatic rings. The highest BCUT2D eigenvalue weighted by atomic mass is 16.2. The van der Waals surface area contributed by atoms with Gasteiger partial charge in [-0.1, -0.05) is 12.1 Å². The Morgan fingerprint density at radius 1 is 1.21 bits per heavy atom. The van der Waals surface area contributed by atoms with Gasteiger partial charge in [0.15, 0.2) is 0 Å². The molecule has 0 aliphatic carbocycles. The van der Waals surface area contributed by atoms with E-state index < -0.39 is 0 Å². The average molecular weight is 324 g/mol. The second-order valence-corrected chi connectivity index (χ2v) is 5.65. The number of hydrogen-bond donors (Lipinski definition) is 2. The molecular formula is C18H20N4O2. The Bertz CT molecular complexity index is 718. The lowest BCUT2D eigenvalue weighted by atomic mass is 10.2. The molecule has 1 saturated heterocycles. The van der Waals surface area contributed by atoms with Crippen LogP contribution in [0.5, 0.6) is 0 Å². The molecule has 0 unspecified atom stereocenters. The summed E-state index contributed by atoms with van der Waals surface area (Å²) in [6.45, 7) is 1.24. The van der Waals surface area contributed by atoms with Crippen molar-refractivity contribution in [2.45, 2.75) is 19.3 Å². The first kappa shape index (κ1) is 16.0. The van der Waals surface area contributed by atoms with E-state index in [-0.39, 0.29) is 11.9 Å². The lowest BCUT2D eigenvalue weighted by Crippen LogP contribution is -2.30. The number of anilines is 2. The second kappa shape index (κ2) is 7.59. The fourth-order valence-electron chi connectivity index (χ4n) is 2.70. The number of carbonyl (C=O) groups is 2. The van der Waals surface area contributed by atoms with Crippen molar-refractivity contribution in [1.29, 1.82) is 0 Å². The molecule has 1 fully saturated rings. The van der Waals surface area contributed by atoms with Crippen LogP contribution in [0.3, 0.4) is 0 Å². The summed E-state index contributed by atoms with van der Waals surface area (Å²) in [7, 11) is 0. The molecule has 2 heterocycles. The van der Waals surface area contributed by atoms with Gasteiger partial charge >= 0.3 is 6.03 Å². The van der Waals surface area contributed by atoms with Gasteiger partial charge in [-0.3, -0.25) is 9.78 Å². The Kier molecular flexibility index (Phi) is 5.05. The Morgan fingerprint density at radius 3 is 2.88 bits per heavy atom. The second-order valence-electron chi connectivity index (χ2n) is 5.65. The predicted octanol–water partition coefficient (Wildman–Crippen LogP) is 2.57. The van der Waals surface area contributed by atoms with E-state index in [9.17, 15) is 9.59 Å². The predicted molar refractivity (Wildman–Crippen MR) is 93.0 cm³/mol. The van der Waals surface area contributed by atoms with Gasteiger partial charge < -0.3 is 15.5 Å². The molecule has 3 rings (SSSR count). The van der Waals surface area contributed by atoms with Gasteiger partial charge in [0, 0.05) is 49.2 Å². The summed E-state index contributed by atoms with van der Waals surface area (Å²) < 4.78 is 0. The summed E-state index contributed by atoms with van der Waals surface area (Å²) in [5.41, 5.74) is 2.43. The summed E-state index contributed by atoms with van der Waals surface area (Å²) in [6, 6.07) is 12.8. The highest BCUT2D eigenvalue weighted by Gasteiger charge is 2.21. The maximum Gasteiger partial charge on any atom is 0.319 e. The molecule has 0 atom stereocenters. The summed E-state index contributed by atoms with van der Waals surface area (Å²) in [4.78, 5) is 29.7. The van der Waals surface area contributed by atoms with Crippen LogP contribution in [0, 0.1) is 0 Å². The SMILES string of the molecule is O=C(NCCc1ccccn1)Nc1cccc(N2CCCC2=O)c1. The molecular weight excluding hydrogens is 304 g/mol. The van der Waals surface area contributed by atoms with E-state index in [4.69, 9.17) is 0 Å². The van der Waals surface area contributed by atoms with Crippen LogP contribution in [0.1, 0.15) is 18.5 Å². The number of rotatable bonds is 5. The van der Waals surface area contributed by atoms with Crippen LogP contribution in [0.4, 0.5) is 16.2 Å². The van der Waals surface area contributed by atoms with Crippen molar-refractivity contribution in [3.05, 3.63) is 54.4 Å². The van der Waals surface area contributed by atoms with Crippen molar-refractivity contribution in [3.63, 3.8) is 0 Å². The van der Waals surface area contributed by atoms with Crippen molar-refractivity contribution in [3.8, 4) is 0 Å². The first-order valence-corrected chi connectivity index (χ1v) is 8.07. The van der Waals surface area contributed by atoms with E-state index in [1.807, 2.05) is 42.5 Å². The fourth-order valence-corrected chi connectivity index (χ4v) is 2.70. The third-order valence-electron chi connectivity index (χ3n) is 3.88. The third-order valence-corrected chi connectivity index (χ3v) is 3.88. The van der Waals surface area contributed by atoms with Crippen LogP contribution in [0.15, 0.2) is 48.7 Å². The highest BCUT2D eigenvalue weighted by molar-refractivity contribution is 5.96. The Labute approximate surface area is 140 Å². The molecule has 6 heteroatoms. The standard InChI is InChI=1S/C18H20N4O2/c23-17-8-4-12-22(17)16-7-3-6-15(13-16)21-18(24)20-11-9-14-5-1-2-10-19-14/h1-3,5-7,10,13H,4,8-9,11-12H2,(H2,20,21,24). The molecule has 1 aliphatic heterocycles. The van der Waals surface area contributed by atoms with Gasteiger partial charge in [0.05, 0.1) is 0 Å². The van der Waals surface area contributed by atoms with E-state index >= 15 is 0 Å². The summed E-state index contributed by atoms with van der Waals surface area (Å²) in [5, 5.41) is 5.61. The Balaban J connectivity index is 1.52. The van der Waals surface area contributed by atoms with Gasteiger partial charge in [-0.05, 0) is 36.8 Å². The normalized spacial score (nSPS) is 13.8. The van der Waals surface area contributed by atoms with Gasteiger partial charge in [-0.2, -0.15) is 0 Å². The fraction of sp³-hybridized carbons (Fsp3) is 0.278. The molecule has 1 aromatic carbocycles. The van der Waals surface area contributed by atoms with Crippen LogP contribution < -0.4 is 15.5 Å². The zero-order valence-corrected chi connectivity index (χ0v) is 13.4. The van der Waals surface area contributed by atoms with Crippen LogP contribution in [-0.4, -0.2) is 30.0 Å². The lowest BCUT2D eigenvalue weighted by Gasteiger charge is -2.17. The van der Waals surface area contributed by atoms with Crippen LogP contribution >= 0.6 is 0 Å². The van der Waals surface area contributed by atoms with E-state index in [2.05, 4.69) is 15.6 Å². The van der Waals surface area contributed by atoms with Crippen molar-refractivity contribution >= 4 is 23.3 Å². The first-order chi connectivity index (χ1) is 11.7. The van der Waals surface area contributed by atoms with E-state index in [1.165, 1.54) is 0 Å². The van der Waals surface area contributed by atoms with Crippen LogP contribution in [0.2, 0.25) is 0 Å². The number of hydrogen-bond acceptors (Lipinski definition) is 3.